The maximum absolute atomic E-state index is 11.6. The van der Waals surface area contributed by atoms with E-state index < -0.39 is 0 Å². The van der Waals surface area contributed by atoms with Crippen LogP contribution in [0.2, 0.25) is 5.02 Å². The molecule has 3 rings (SSSR count). The number of H-pyrrole nitrogens is 1. The number of hydrogen-bond acceptors (Lipinski definition) is 2. The van der Waals surface area contributed by atoms with Crippen LogP contribution in [0.15, 0.2) is 35.3 Å². The minimum absolute atomic E-state index is 0.187. The molecule has 74 valence electrons. The van der Waals surface area contributed by atoms with E-state index in [-0.39, 0.29) is 5.56 Å². The van der Waals surface area contributed by atoms with Crippen LogP contribution >= 0.6 is 11.6 Å². The maximum atomic E-state index is 11.6. The second-order valence-electron chi connectivity index (χ2n) is 3.22. The Morgan fingerprint density at radius 1 is 1.27 bits per heavy atom. The predicted octanol–water partition coefficient (Wildman–Crippen LogP) is 1.83. The number of benzene rings is 1. The third-order valence-electron chi connectivity index (χ3n) is 2.33. The minimum atomic E-state index is -0.187. The lowest BCUT2D eigenvalue weighted by Crippen LogP contribution is -2.10. The first kappa shape index (κ1) is 8.49. The van der Waals surface area contributed by atoms with Gasteiger partial charge >= 0.3 is 0 Å². The third kappa shape index (κ3) is 1.08. The third-order valence-corrected chi connectivity index (χ3v) is 2.65. The van der Waals surface area contributed by atoms with Crippen molar-refractivity contribution in [1.82, 2.24) is 14.6 Å². The monoisotopic (exact) mass is 219 g/mol. The summed E-state index contributed by atoms with van der Waals surface area (Å²) in [6.07, 6.45) is 1.59. The fraction of sp³-hybridized carbons (Fsp3) is 0. The topological polar surface area (TPSA) is 50.2 Å². The van der Waals surface area contributed by atoms with Crippen molar-refractivity contribution in [1.29, 1.82) is 0 Å². The molecule has 0 saturated carbocycles. The summed E-state index contributed by atoms with van der Waals surface area (Å²) in [5.41, 5.74) is 1.74. The van der Waals surface area contributed by atoms with Gasteiger partial charge in [-0.15, -0.1) is 0 Å². The van der Waals surface area contributed by atoms with E-state index in [0.717, 1.165) is 5.52 Å². The molecule has 0 saturated heterocycles. The van der Waals surface area contributed by atoms with E-state index in [1.807, 2.05) is 12.1 Å². The molecule has 1 N–H and O–H groups in total. The van der Waals surface area contributed by atoms with Crippen LogP contribution in [0.3, 0.4) is 0 Å². The first-order valence-electron chi connectivity index (χ1n) is 4.41. The fourth-order valence-corrected chi connectivity index (χ4v) is 1.87. The van der Waals surface area contributed by atoms with Crippen molar-refractivity contribution < 1.29 is 0 Å². The van der Waals surface area contributed by atoms with Crippen LogP contribution in [0.4, 0.5) is 0 Å². The van der Waals surface area contributed by atoms with Crippen LogP contribution in [0.5, 0.6) is 0 Å². The zero-order chi connectivity index (χ0) is 10.4. The number of para-hydroxylation sites is 1. The summed E-state index contributed by atoms with van der Waals surface area (Å²) in [5, 5.41) is 4.60. The van der Waals surface area contributed by atoms with Gasteiger partial charge in [-0.05, 0) is 18.2 Å². The van der Waals surface area contributed by atoms with E-state index in [4.69, 9.17) is 11.6 Å². The van der Waals surface area contributed by atoms with Gasteiger partial charge in [0.25, 0.3) is 5.56 Å². The predicted molar refractivity (Wildman–Crippen MR) is 58.3 cm³/mol. The molecule has 4 nitrogen and oxygen atoms in total. The smallest absolute Gasteiger partial charge is 0.274 e. The van der Waals surface area contributed by atoms with Gasteiger partial charge in [-0.2, -0.15) is 5.10 Å². The van der Waals surface area contributed by atoms with Crippen molar-refractivity contribution in [3.8, 4) is 0 Å². The molecule has 0 atom stereocenters. The molecule has 0 unspecified atom stereocenters. The first-order chi connectivity index (χ1) is 7.27. The molecule has 0 radical (unpaired) electrons. The fourth-order valence-electron chi connectivity index (χ4n) is 1.66. The molecule has 0 spiro atoms. The molecule has 0 aliphatic rings. The van der Waals surface area contributed by atoms with Crippen molar-refractivity contribution in [2.45, 2.75) is 0 Å². The Kier molecular flexibility index (Phi) is 1.61. The molecule has 1 aromatic carbocycles. The molecule has 0 amide bonds. The molecule has 0 fully saturated rings. The normalized spacial score (nSPS) is 11.3. The Bertz CT molecular complexity index is 713. The molecule has 15 heavy (non-hydrogen) atoms. The number of hydrogen-bond donors (Lipinski definition) is 1. The second-order valence-corrected chi connectivity index (χ2v) is 3.62. The van der Waals surface area contributed by atoms with Crippen molar-refractivity contribution >= 4 is 28.2 Å². The quantitative estimate of drug-likeness (QED) is 0.627. The summed E-state index contributed by atoms with van der Waals surface area (Å²) in [6.45, 7) is 0. The van der Waals surface area contributed by atoms with E-state index in [1.165, 1.54) is 0 Å². The highest BCUT2D eigenvalue weighted by atomic mass is 35.5. The second kappa shape index (κ2) is 2.84. The van der Waals surface area contributed by atoms with Crippen LogP contribution in [-0.2, 0) is 0 Å². The molecule has 0 aliphatic carbocycles. The zero-order valence-corrected chi connectivity index (χ0v) is 8.32. The number of halogens is 1. The van der Waals surface area contributed by atoms with Gasteiger partial charge in [-0.3, -0.25) is 4.79 Å². The van der Waals surface area contributed by atoms with E-state index in [2.05, 4.69) is 10.1 Å². The molecule has 0 bridgehead atoms. The van der Waals surface area contributed by atoms with Gasteiger partial charge in [0, 0.05) is 0 Å². The Morgan fingerprint density at radius 2 is 2.13 bits per heavy atom. The summed E-state index contributed by atoms with van der Waals surface area (Å²) in [4.78, 5) is 14.4. The maximum Gasteiger partial charge on any atom is 0.274 e. The molecule has 2 aromatic heterocycles. The molecular weight excluding hydrogens is 214 g/mol. The number of nitrogens with one attached hydrogen (secondary N) is 1. The van der Waals surface area contributed by atoms with Gasteiger partial charge in [0.15, 0.2) is 0 Å². The Morgan fingerprint density at radius 3 is 3.00 bits per heavy atom. The highest BCUT2D eigenvalue weighted by molar-refractivity contribution is 6.34. The Labute approximate surface area is 89.1 Å². The average molecular weight is 220 g/mol. The first-order valence-corrected chi connectivity index (χ1v) is 4.79. The van der Waals surface area contributed by atoms with Gasteiger partial charge < -0.3 is 4.98 Å². The van der Waals surface area contributed by atoms with Gasteiger partial charge in [0.2, 0.25) is 0 Å². The Hall–Kier alpha value is -1.81. The lowest BCUT2D eigenvalue weighted by Gasteiger charge is -2.02. The van der Waals surface area contributed by atoms with Crippen LogP contribution in [0.25, 0.3) is 16.6 Å². The van der Waals surface area contributed by atoms with Crippen molar-refractivity contribution in [2.24, 2.45) is 0 Å². The van der Waals surface area contributed by atoms with Crippen LogP contribution in [-0.4, -0.2) is 14.6 Å². The van der Waals surface area contributed by atoms with E-state index in [9.17, 15) is 4.79 Å². The van der Waals surface area contributed by atoms with Gasteiger partial charge in [0.05, 0.1) is 22.3 Å². The van der Waals surface area contributed by atoms with E-state index >= 15 is 0 Å². The minimum Gasteiger partial charge on any atom is -0.318 e. The zero-order valence-electron chi connectivity index (χ0n) is 7.57. The van der Waals surface area contributed by atoms with E-state index in [1.54, 1.807) is 22.8 Å². The highest BCUT2D eigenvalue weighted by Gasteiger charge is 2.06. The lowest BCUT2D eigenvalue weighted by atomic mass is 10.3. The molecule has 5 heteroatoms. The lowest BCUT2D eigenvalue weighted by molar-refractivity contribution is 0.987. The largest absolute Gasteiger partial charge is 0.318 e. The van der Waals surface area contributed by atoms with Crippen molar-refractivity contribution in [2.75, 3.05) is 0 Å². The molecule has 3 aromatic rings. The van der Waals surface area contributed by atoms with Crippen LogP contribution in [0.1, 0.15) is 0 Å². The van der Waals surface area contributed by atoms with Crippen molar-refractivity contribution in [3.05, 3.63) is 45.8 Å². The van der Waals surface area contributed by atoms with Gasteiger partial charge in [-0.1, -0.05) is 17.7 Å². The van der Waals surface area contributed by atoms with Gasteiger partial charge in [0.1, 0.15) is 5.52 Å². The molecule has 2 heterocycles. The number of fused-ring (bicyclic) bond motifs is 3. The van der Waals surface area contributed by atoms with Gasteiger partial charge in [-0.25, -0.2) is 4.52 Å². The highest BCUT2D eigenvalue weighted by Crippen LogP contribution is 2.19. The number of aromatic amines is 1. The number of nitrogens with zero attached hydrogens (tertiary/aromatic N) is 2. The number of rotatable bonds is 0. The van der Waals surface area contributed by atoms with Crippen LogP contribution < -0.4 is 5.56 Å². The SMILES string of the molecule is O=c1[nH]c2c(Cl)cccc2n2nccc12. The summed E-state index contributed by atoms with van der Waals surface area (Å²) in [5.74, 6) is 0. The molecular formula is C10H6ClN3O. The van der Waals surface area contributed by atoms with E-state index in [0.29, 0.717) is 16.1 Å². The summed E-state index contributed by atoms with van der Waals surface area (Å²) < 4.78 is 1.58. The Balaban J connectivity index is 2.72. The summed E-state index contributed by atoms with van der Waals surface area (Å²) >= 11 is 5.99. The number of aromatic nitrogens is 3. The standard InChI is InChI=1S/C10H6ClN3O/c11-6-2-1-3-7-9(6)13-10(15)8-4-5-12-14(7)8/h1-5H,(H,13,15). The average Bonchev–Trinajstić information content (AvgIpc) is 2.69. The summed E-state index contributed by atoms with van der Waals surface area (Å²) in [6, 6.07) is 7.08. The summed E-state index contributed by atoms with van der Waals surface area (Å²) in [7, 11) is 0. The van der Waals surface area contributed by atoms with Crippen molar-refractivity contribution in [3.63, 3.8) is 0 Å². The van der Waals surface area contributed by atoms with Crippen LogP contribution in [0, 0.1) is 0 Å². The molecule has 0 aliphatic heterocycles.